The van der Waals surface area contributed by atoms with Crippen molar-refractivity contribution in [3.63, 3.8) is 0 Å². The van der Waals surface area contributed by atoms with Gasteiger partial charge in [0.15, 0.2) is 11.3 Å². The quantitative estimate of drug-likeness (QED) is 0.451. The molecular weight excluding hydrogens is 468 g/mol. The number of para-hydroxylation sites is 1. The molecule has 178 valence electrons. The number of rotatable bonds is 5. The highest BCUT2D eigenvalue weighted by molar-refractivity contribution is 8.13. The fraction of sp³-hybridized carbons (Fsp3) is 0.138. The molecule has 6 nitrogen and oxygen atoms in total. The van der Waals surface area contributed by atoms with Crippen molar-refractivity contribution in [3.05, 3.63) is 113 Å². The topological polar surface area (TPSA) is 66.3 Å². The third-order valence-electron chi connectivity index (χ3n) is 6.22. The highest BCUT2D eigenvalue weighted by Gasteiger charge is 2.36. The molecule has 0 bridgehead atoms. The zero-order valence-electron chi connectivity index (χ0n) is 19.7. The maximum atomic E-state index is 13.5. The Balaban J connectivity index is 1.52. The smallest absolute Gasteiger partial charge is 0.276 e. The van der Waals surface area contributed by atoms with Gasteiger partial charge in [-0.2, -0.15) is 0 Å². The van der Waals surface area contributed by atoms with Gasteiger partial charge >= 0.3 is 0 Å². The number of ether oxygens (including phenoxy) is 1. The van der Waals surface area contributed by atoms with Gasteiger partial charge in [0.1, 0.15) is 11.4 Å². The van der Waals surface area contributed by atoms with Crippen LogP contribution in [0.2, 0.25) is 0 Å². The minimum atomic E-state index is -0.555. The summed E-state index contributed by atoms with van der Waals surface area (Å²) in [6, 6.07) is 30.1. The van der Waals surface area contributed by atoms with Crippen molar-refractivity contribution in [3.8, 4) is 5.75 Å². The van der Waals surface area contributed by atoms with Gasteiger partial charge in [-0.15, -0.1) is 5.10 Å². The Bertz CT molecular complexity index is 1620. The second-order valence-corrected chi connectivity index (χ2v) is 9.44. The van der Waals surface area contributed by atoms with Crippen molar-refractivity contribution in [1.82, 2.24) is 10.3 Å². The highest BCUT2D eigenvalue weighted by Crippen LogP contribution is 2.40. The summed E-state index contributed by atoms with van der Waals surface area (Å²) in [5.74, 6) is 1.24. The van der Waals surface area contributed by atoms with Crippen molar-refractivity contribution < 1.29 is 9.53 Å². The second kappa shape index (κ2) is 9.51. The van der Waals surface area contributed by atoms with Gasteiger partial charge < -0.3 is 4.74 Å². The number of hydrazone groups is 1. The van der Waals surface area contributed by atoms with Gasteiger partial charge in [0.2, 0.25) is 0 Å². The highest BCUT2D eigenvalue weighted by atomic mass is 32.2. The van der Waals surface area contributed by atoms with Gasteiger partial charge in [0, 0.05) is 16.5 Å². The van der Waals surface area contributed by atoms with E-state index in [4.69, 9.17) is 14.8 Å². The SMILES string of the molecule is CCOc1ccc2ccccc2c1[C@H]1N=c2ccccc2=C2C(=O)NC(SCc3ccccc3)=NN21. The predicted molar refractivity (Wildman–Crippen MR) is 144 cm³/mol. The first-order chi connectivity index (χ1) is 17.7. The molecule has 1 amide bonds. The summed E-state index contributed by atoms with van der Waals surface area (Å²) in [6.45, 7) is 2.49. The van der Waals surface area contributed by atoms with E-state index in [0.29, 0.717) is 23.2 Å². The lowest BCUT2D eigenvalue weighted by molar-refractivity contribution is -0.116. The number of thioether (sulfide) groups is 1. The van der Waals surface area contributed by atoms with E-state index in [-0.39, 0.29) is 5.91 Å². The Morgan fingerprint density at radius 2 is 1.72 bits per heavy atom. The minimum absolute atomic E-state index is 0.189. The van der Waals surface area contributed by atoms with Crippen LogP contribution in [0.5, 0.6) is 5.75 Å². The number of nitrogens with one attached hydrogen (secondary N) is 1. The molecule has 6 rings (SSSR count). The lowest BCUT2D eigenvalue weighted by Crippen LogP contribution is -2.50. The molecule has 0 saturated heterocycles. The van der Waals surface area contributed by atoms with Crippen LogP contribution in [0.1, 0.15) is 24.2 Å². The molecule has 7 heteroatoms. The van der Waals surface area contributed by atoms with Crippen molar-refractivity contribution in [2.24, 2.45) is 10.1 Å². The van der Waals surface area contributed by atoms with Gasteiger partial charge in [-0.05, 0) is 35.4 Å². The van der Waals surface area contributed by atoms with Crippen LogP contribution < -0.4 is 20.6 Å². The molecule has 0 saturated carbocycles. The number of amidine groups is 1. The standard InChI is InChI=1S/C29H24N4O2S/c1-2-35-24-17-16-20-12-6-7-13-21(20)25(24)27-30-23-15-9-8-14-22(23)26-28(34)31-29(32-33(26)27)36-18-19-10-4-3-5-11-19/h3-17,27H,2,18H2,1H3,(H,31,32,34)/t27-/m0/s1. The van der Waals surface area contributed by atoms with E-state index in [9.17, 15) is 4.79 Å². The van der Waals surface area contributed by atoms with Gasteiger partial charge in [-0.1, -0.05) is 90.6 Å². The van der Waals surface area contributed by atoms with E-state index >= 15 is 0 Å². The molecular formula is C29H24N4O2S. The van der Waals surface area contributed by atoms with Gasteiger partial charge in [0.25, 0.3) is 5.91 Å². The molecule has 0 unspecified atom stereocenters. The fourth-order valence-electron chi connectivity index (χ4n) is 4.63. The number of hydrogen-bond acceptors (Lipinski definition) is 6. The van der Waals surface area contributed by atoms with E-state index in [1.807, 2.05) is 67.6 Å². The summed E-state index contributed by atoms with van der Waals surface area (Å²) in [5, 5.41) is 13.9. The first kappa shape index (κ1) is 22.4. The van der Waals surface area contributed by atoms with Crippen LogP contribution >= 0.6 is 11.8 Å². The third kappa shape index (κ3) is 4.01. The summed E-state index contributed by atoms with van der Waals surface area (Å²) in [4.78, 5) is 18.6. The lowest BCUT2D eigenvalue weighted by Gasteiger charge is -2.35. The minimum Gasteiger partial charge on any atom is -0.493 e. The Hall–Kier alpha value is -4.10. The van der Waals surface area contributed by atoms with E-state index in [2.05, 4.69) is 35.6 Å². The van der Waals surface area contributed by atoms with E-state index in [1.165, 1.54) is 11.8 Å². The zero-order chi connectivity index (χ0) is 24.5. The molecule has 0 radical (unpaired) electrons. The zero-order valence-corrected chi connectivity index (χ0v) is 20.5. The molecule has 1 N–H and O–H groups in total. The Morgan fingerprint density at radius 1 is 0.944 bits per heavy atom. The monoisotopic (exact) mass is 492 g/mol. The van der Waals surface area contributed by atoms with Gasteiger partial charge in [0.05, 0.1) is 12.0 Å². The Kier molecular flexibility index (Phi) is 5.91. The summed E-state index contributed by atoms with van der Waals surface area (Å²) >= 11 is 1.50. The normalized spacial score (nSPS) is 16.5. The maximum absolute atomic E-state index is 13.5. The number of hydrogen-bond donors (Lipinski definition) is 1. The van der Waals surface area contributed by atoms with Crippen LogP contribution in [-0.2, 0) is 10.5 Å². The maximum Gasteiger partial charge on any atom is 0.276 e. The lowest BCUT2D eigenvalue weighted by atomic mass is 9.99. The predicted octanol–water partition coefficient (Wildman–Crippen LogP) is 4.31. The first-order valence-corrected chi connectivity index (χ1v) is 12.9. The van der Waals surface area contributed by atoms with Crippen molar-refractivity contribution in [2.45, 2.75) is 18.8 Å². The number of nitrogens with zero attached hydrogens (tertiary/aromatic N) is 3. The third-order valence-corrected chi connectivity index (χ3v) is 7.16. The Labute approximate surface area is 213 Å². The second-order valence-electron chi connectivity index (χ2n) is 8.48. The summed E-state index contributed by atoms with van der Waals surface area (Å²) in [6.07, 6.45) is -0.555. The van der Waals surface area contributed by atoms with Crippen LogP contribution in [0.25, 0.3) is 16.5 Å². The van der Waals surface area contributed by atoms with E-state index in [0.717, 1.165) is 38.2 Å². The van der Waals surface area contributed by atoms with Crippen LogP contribution in [0.3, 0.4) is 0 Å². The fourth-order valence-corrected chi connectivity index (χ4v) is 5.44. The van der Waals surface area contributed by atoms with Crippen LogP contribution in [-0.4, -0.2) is 22.7 Å². The molecule has 0 aromatic heterocycles. The molecule has 0 fully saturated rings. The number of amides is 1. The average Bonchev–Trinajstić information content (AvgIpc) is 2.92. The molecule has 2 heterocycles. The van der Waals surface area contributed by atoms with Gasteiger partial charge in [-0.3, -0.25) is 15.1 Å². The molecule has 2 aliphatic rings. The van der Waals surface area contributed by atoms with Crippen LogP contribution in [0.15, 0.2) is 101 Å². The van der Waals surface area contributed by atoms with Crippen molar-refractivity contribution in [2.75, 3.05) is 6.61 Å². The molecule has 4 aromatic carbocycles. The summed E-state index contributed by atoms with van der Waals surface area (Å²) in [7, 11) is 0. The van der Waals surface area contributed by atoms with Crippen LogP contribution in [0, 0.1) is 0 Å². The first-order valence-electron chi connectivity index (χ1n) is 11.9. The largest absolute Gasteiger partial charge is 0.493 e. The molecule has 1 atom stereocenters. The number of carbonyl (C=O) groups is 1. The average molecular weight is 493 g/mol. The molecule has 2 aliphatic heterocycles. The summed E-state index contributed by atoms with van der Waals surface area (Å²) in [5.41, 5.74) is 2.55. The molecule has 0 spiro atoms. The number of carbonyl (C=O) groups excluding carboxylic acids is 1. The number of benzene rings is 4. The number of fused-ring (bicyclic) bond motifs is 3. The van der Waals surface area contributed by atoms with E-state index in [1.54, 1.807) is 5.01 Å². The van der Waals surface area contributed by atoms with Crippen LogP contribution in [0.4, 0.5) is 0 Å². The molecule has 0 aliphatic carbocycles. The van der Waals surface area contributed by atoms with Crippen molar-refractivity contribution >= 4 is 39.3 Å². The van der Waals surface area contributed by atoms with Crippen molar-refractivity contribution in [1.29, 1.82) is 0 Å². The summed E-state index contributed by atoms with van der Waals surface area (Å²) < 4.78 is 6.07. The molecule has 4 aromatic rings. The van der Waals surface area contributed by atoms with E-state index < -0.39 is 6.17 Å². The Morgan fingerprint density at radius 3 is 2.58 bits per heavy atom. The molecule has 36 heavy (non-hydrogen) atoms. The van der Waals surface area contributed by atoms with Gasteiger partial charge in [-0.25, -0.2) is 5.01 Å².